The third kappa shape index (κ3) is 4.48. The minimum absolute atomic E-state index is 0.258. The van der Waals surface area contributed by atoms with Crippen LogP contribution in [0.2, 0.25) is 25.7 Å². The summed E-state index contributed by atoms with van der Waals surface area (Å²) in [6.45, 7) is 10.9. The van der Waals surface area contributed by atoms with E-state index in [0.29, 0.717) is 0 Å². The molecule has 0 radical (unpaired) electrons. The predicted molar refractivity (Wildman–Crippen MR) is 86.3 cm³/mol. The maximum atomic E-state index is 5.72. The summed E-state index contributed by atoms with van der Waals surface area (Å²) < 4.78 is 11.4. The number of hydrogen-bond acceptors (Lipinski definition) is 2. The number of rotatable bonds is 3. The SMILES string of the molecule is CC1(CCC#CC[Si](C)(C)C)C=CC2(CC1)OCCO2. The van der Waals surface area contributed by atoms with E-state index in [1.54, 1.807) is 0 Å². The van der Waals surface area contributed by atoms with Gasteiger partial charge in [0.25, 0.3) is 0 Å². The molecule has 2 rings (SSSR count). The van der Waals surface area contributed by atoms with Gasteiger partial charge >= 0.3 is 0 Å². The fourth-order valence-corrected chi connectivity index (χ4v) is 3.29. The largest absolute Gasteiger partial charge is 0.344 e. The van der Waals surface area contributed by atoms with Gasteiger partial charge in [-0.3, -0.25) is 0 Å². The third-order valence-corrected chi connectivity index (χ3v) is 5.36. The number of ether oxygens (including phenoxy) is 2. The Morgan fingerprint density at radius 2 is 1.75 bits per heavy atom. The molecule has 0 aromatic heterocycles. The molecule has 0 saturated carbocycles. The lowest BCUT2D eigenvalue weighted by molar-refractivity contribution is -0.131. The van der Waals surface area contributed by atoms with Crippen LogP contribution in [0.15, 0.2) is 12.2 Å². The van der Waals surface area contributed by atoms with Gasteiger partial charge in [0, 0.05) is 18.9 Å². The van der Waals surface area contributed by atoms with E-state index in [1.165, 1.54) is 0 Å². The maximum Gasteiger partial charge on any atom is 0.188 e. The van der Waals surface area contributed by atoms with E-state index in [1.807, 2.05) is 0 Å². The zero-order chi connectivity index (χ0) is 14.7. The van der Waals surface area contributed by atoms with Crippen LogP contribution in [0.5, 0.6) is 0 Å². The lowest BCUT2D eigenvalue weighted by Gasteiger charge is -2.36. The average molecular weight is 292 g/mol. The molecule has 0 aromatic rings. The van der Waals surface area contributed by atoms with Gasteiger partial charge in [-0.05, 0) is 24.3 Å². The molecule has 2 nitrogen and oxygen atoms in total. The molecule has 112 valence electrons. The second kappa shape index (κ2) is 6.05. The van der Waals surface area contributed by atoms with Crippen LogP contribution in [-0.4, -0.2) is 27.1 Å². The van der Waals surface area contributed by atoms with Crippen molar-refractivity contribution in [1.82, 2.24) is 0 Å². The van der Waals surface area contributed by atoms with E-state index in [0.717, 1.165) is 44.9 Å². The first kappa shape index (κ1) is 15.8. The first-order valence-corrected chi connectivity index (χ1v) is 11.5. The zero-order valence-electron chi connectivity index (χ0n) is 13.4. The van der Waals surface area contributed by atoms with Gasteiger partial charge in [-0.25, -0.2) is 0 Å². The molecule has 0 amide bonds. The highest BCUT2D eigenvalue weighted by Gasteiger charge is 2.39. The smallest absolute Gasteiger partial charge is 0.188 e. The van der Waals surface area contributed by atoms with Crippen LogP contribution < -0.4 is 0 Å². The predicted octanol–water partition coefficient (Wildman–Crippen LogP) is 4.21. The number of hydrogen-bond donors (Lipinski definition) is 0. The van der Waals surface area contributed by atoms with E-state index < -0.39 is 13.9 Å². The molecule has 1 atom stereocenters. The molecule has 1 fully saturated rings. The van der Waals surface area contributed by atoms with Gasteiger partial charge in [0.05, 0.1) is 21.3 Å². The highest BCUT2D eigenvalue weighted by Crippen LogP contribution is 2.41. The lowest BCUT2D eigenvalue weighted by atomic mass is 9.76. The molecule has 20 heavy (non-hydrogen) atoms. The Kier molecular flexibility index (Phi) is 4.79. The Balaban J connectivity index is 1.81. The summed E-state index contributed by atoms with van der Waals surface area (Å²) in [5, 5.41) is 0. The molecule has 1 saturated heterocycles. The molecule has 2 aliphatic rings. The van der Waals surface area contributed by atoms with Crippen molar-refractivity contribution in [1.29, 1.82) is 0 Å². The van der Waals surface area contributed by atoms with E-state index in [9.17, 15) is 0 Å². The highest BCUT2D eigenvalue weighted by atomic mass is 28.3. The summed E-state index contributed by atoms with van der Waals surface area (Å²) >= 11 is 0. The summed E-state index contributed by atoms with van der Waals surface area (Å²) in [5.74, 6) is 6.33. The fraction of sp³-hybridized carbons (Fsp3) is 0.765. The molecule has 0 bridgehead atoms. The zero-order valence-corrected chi connectivity index (χ0v) is 14.4. The molecule has 1 spiro atoms. The van der Waals surface area contributed by atoms with Crippen LogP contribution in [0.1, 0.15) is 32.6 Å². The summed E-state index contributed by atoms with van der Waals surface area (Å²) in [5.41, 5.74) is 0.258. The van der Waals surface area contributed by atoms with Crippen molar-refractivity contribution in [2.75, 3.05) is 13.2 Å². The van der Waals surface area contributed by atoms with Gasteiger partial charge in [0.1, 0.15) is 0 Å². The summed E-state index contributed by atoms with van der Waals surface area (Å²) in [6.07, 6.45) is 8.67. The molecule has 0 N–H and O–H groups in total. The fourth-order valence-electron chi connectivity index (χ4n) is 2.64. The van der Waals surface area contributed by atoms with Crippen molar-refractivity contribution in [3.05, 3.63) is 12.2 Å². The van der Waals surface area contributed by atoms with Gasteiger partial charge in [-0.1, -0.05) is 32.6 Å². The van der Waals surface area contributed by atoms with E-state index in [4.69, 9.17) is 9.47 Å². The Morgan fingerprint density at radius 1 is 1.05 bits per heavy atom. The van der Waals surface area contributed by atoms with Crippen molar-refractivity contribution < 1.29 is 9.47 Å². The lowest BCUT2D eigenvalue weighted by Crippen LogP contribution is -2.34. The van der Waals surface area contributed by atoms with Gasteiger partial charge in [0.15, 0.2) is 5.79 Å². The number of allylic oxidation sites excluding steroid dienone is 1. The van der Waals surface area contributed by atoms with E-state index >= 15 is 0 Å². The van der Waals surface area contributed by atoms with Crippen LogP contribution >= 0.6 is 0 Å². The topological polar surface area (TPSA) is 18.5 Å². The summed E-state index contributed by atoms with van der Waals surface area (Å²) in [7, 11) is -1.01. The molecular formula is C17H28O2Si. The van der Waals surface area contributed by atoms with E-state index in [2.05, 4.69) is 50.6 Å². The van der Waals surface area contributed by atoms with Crippen LogP contribution in [0, 0.1) is 17.3 Å². The van der Waals surface area contributed by atoms with Gasteiger partial charge in [-0.2, -0.15) is 0 Å². The first-order chi connectivity index (χ1) is 9.33. The van der Waals surface area contributed by atoms with Crippen LogP contribution in [-0.2, 0) is 9.47 Å². The summed E-state index contributed by atoms with van der Waals surface area (Å²) in [6, 6.07) is 1.12. The van der Waals surface area contributed by atoms with E-state index in [-0.39, 0.29) is 5.41 Å². The third-order valence-electron chi connectivity index (χ3n) is 4.13. The maximum absolute atomic E-state index is 5.72. The van der Waals surface area contributed by atoms with Crippen LogP contribution in [0.3, 0.4) is 0 Å². The van der Waals surface area contributed by atoms with Crippen LogP contribution in [0.4, 0.5) is 0 Å². The quantitative estimate of drug-likeness (QED) is 0.441. The Labute approximate surface area is 124 Å². The second-order valence-electron chi connectivity index (χ2n) is 7.59. The first-order valence-electron chi connectivity index (χ1n) is 7.77. The molecule has 0 aromatic carbocycles. The molecule has 1 aliphatic heterocycles. The average Bonchev–Trinajstić information content (AvgIpc) is 2.81. The normalized spacial score (nSPS) is 28.4. The van der Waals surface area contributed by atoms with Gasteiger partial charge in [-0.15, -0.1) is 11.8 Å². The Bertz CT molecular complexity index is 418. The van der Waals surface area contributed by atoms with Crippen molar-refractivity contribution in [3.63, 3.8) is 0 Å². The molecule has 1 heterocycles. The van der Waals surface area contributed by atoms with Crippen molar-refractivity contribution in [2.45, 2.75) is 64.1 Å². The standard InChI is InChI=1S/C17H28O2Si/c1-16(8-6-5-7-15-20(2,3)4)9-11-17(12-10-16)18-13-14-19-17/h9,11H,6,8,10,12-15H2,1-4H3. The monoisotopic (exact) mass is 292 g/mol. The van der Waals surface area contributed by atoms with Crippen molar-refractivity contribution in [3.8, 4) is 11.8 Å². The Hall–Kier alpha value is -0.563. The molecule has 3 heteroatoms. The second-order valence-corrected chi connectivity index (χ2v) is 13.1. The minimum atomic E-state index is -1.01. The van der Waals surface area contributed by atoms with Crippen molar-refractivity contribution in [2.24, 2.45) is 5.41 Å². The molecule has 1 unspecified atom stereocenters. The van der Waals surface area contributed by atoms with Gasteiger partial charge in [0.2, 0.25) is 0 Å². The van der Waals surface area contributed by atoms with Crippen molar-refractivity contribution >= 4 is 8.07 Å². The summed E-state index contributed by atoms with van der Waals surface area (Å²) in [4.78, 5) is 0. The highest BCUT2D eigenvalue weighted by molar-refractivity contribution is 6.76. The molecular weight excluding hydrogens is 264 g/mol. The van der Waals surface area contributed by atoms with Crippen LogP contribution in [0.25, 0.3) is 0 Å². The Morgan fingerprint density at radius 3 is 2.30 bits per heavy atom. The molecule has 1 aliphatic carbocycles. The van der Waals surface area contributed by atoms with Gasteiger partial charge < -0.3 is 9.47 Å². The minimum Gasteiger partial charge on any atom is -0.344 e.